The summed E-state index contributed by atoms with van der Waals surface area (Å²) in [6.07, 6.45) is 30.3. The number of aliphatic hydroxyl groups excluding tert-OH is 4. The Balaban J connectivity index is 2.35. The van der Waals surface area contributed by atoms with E-state index < -0.39 is 49.4 Å². The number of rotatable bonds is 36. The van der Waals surface area contributed by atoms with E-state index in [0.717, 1.165) is 57.8 Å². The first-order valence-corrected chi connectivity index (χ1v) is 21.9. The Hall–Kier alpha value is -1.82. The van der Waals surface area contributed by atoms with Crippen molar-refractivity contribution in [1.82, 2.24) is 0 Å². The standard InChI is InChI=1S/C44H80O10/c1-3-5-7-9-11-13-15-17-19-21-22-24-26-28-30-32-39(46)51-35-37(36-52-44-43(50)42(49)41(48)38(34-45)54-44)53-40(47)33-31-29-27-25-23-20-18-16-14-12-10-8-6-4-2/h11,13,17,19,37-38,41-45,48-50H,3-10,12,14-16,18,20-36H2,1-2H3/b13-11+,19-17+/t37-,38-,41+,42?,43?,44-/m0/s1. The van der Waals surface area contributed by atoms with Gasteiger partial charge in [-0.25, -0.2) is 0 Å². The summed E-state index contributed by atoms with van der Waals surface area (Å²) in [5, 5.41) is 40.0. The molecule has 10 nitrogen and oxygen atoms in total. The topological polar surface area (TPSA) is 152 Å². The van der Waals surface area contributed by atoms with E-state index >= 15 is 0 Å². The Morgan fingerprint density at radius 1 is 0.574 bits per heavy atom. The third-order valence-electron chi connectivity index (χ3n) is 10.1. The van der Waals surface area contributed by atoms with Gasteiger partial charge in [-0.1, -0.05) is 154 Å². The summed E-state index contributed by atoms with van der Waals surface area (Å²) in [6.45, 7) is 3.39. The first kappa shape index (κ1) is 50.2. The molecule has 54 heavy (non-hydrogen) atoms. The van der Waals surface area contributed by atoms with Gasteiger partial charge in [-0.15, -0.1) is 0 Å². The lowest BCUT2D eigenvalue weighted by Crippen LogP contribution is -2.59. The van der Waals surface area contributed by atoms with Crippen molar-refractivity contribution in [1.29, 1.82) is 0 Å². The predicted octanol–water partition coefficient (Wildman–Crippen LogP) is 8.94. The van der Waals surface area contributed by atoms with E-state index in [9.17, 15) is 30.0 Å². The fourth-order valence-corrected chi connectivity index (χ4v) is 6.57. The second-order valence-corrected chi connectivity index (χ2v) is 15.2. The van der Waals surface area contributed by atoms with Crippen LogP contribution in [0.2, 0.25) is 0 Å². The van der Waals surface area contributed by atoms with Gasteiger partial charge < -0.3 is 39.4 Å². The molecular weight excluding hydrogens is 688 g/mol. The van der Waals surface area contributed by atoms with Gasteiger partial charge in [0.15, 0.2) is 12.4 Å². The first-order valence-electron chi connectivity index (χ1n) is 21.9. The van der Waals surface area contributed by atoms with Crippen LogP contribution in [0.25, 0.3) is 0 Å². The van der Waals surface area contributed by atoms with Crippen molar-refractivity contribution >= 4 is 11.9 Å². The summed E-state index contributed by atoms with van der Waals surface area (Å²) >= 11 is 0. The summed E-state index contributed by atoms with van der Waals surface area (Å²) in [5.41, 5.74) is 0. The quantitative estimate of drug-likeness (QED) is 0.0276. The SMILES string of the molecule is CCCCC/C=C/C/C=C/CCCCCCCC(=O)OC[C@@H](CO[C@H]1O[C@@H](CO)[C@@H](O)C(O)C1O)OC(=O)CCCCCCCCCCCCCCCC. The number of allylic oxidation sites excluding steroid dienone is 4. The number of hydrogen-bond acceptors (Lipinski definition) is 10. The van der Waals surface area contributed by atoms with Crippen LogP contribution in [0.1, 0.15) is 187 Å². The molecular formula is C44H80O10. The number of hydrogen-bond donors (Lipinski definition) is 4. The van der Waals surface area contributed by atoms with Gasteiger partial charge in [0.2, 0.25) is 0 Å². The Morgan fingerprint density at radius 3 is 1.57 bits per heavy atom. The fraction of sp³-hybridized carbons (Fsp3) is 0.864. The van der Waals surface area contributed by atoms with Crippen LogP contribution in [0.4, 0.5) is 0 Å². The maximum Gasteiger partial charge on any atom is 0.306 e. The Labute approximate surface area is 328 Å². The molecule has 0 aromatic rings. The van der Waals surface area contributed by atoms with Gasteiger partial charge >= 0.3 is 11.9 Å². The number of esters is 2. The van der Waals surface area contributed by atoms with Crippen molar-refractivity contribution in [2.75, 3.05) is 19.8 Å². The fourth-order valence-electron chi connectivity index (χ4n) is 6.57. The van der Waals surface area contributed by atoms with Crippen LogP contribution >= 0.6 is 0 Å². The van der Waals surface area contributed by atoms with Gasteiger partial charge in [-0.05, 0) is 44.9 Å². The van der Waals surface area contributed by atoms with E-state index in [2.05, 4.69) is 38.2 Å². The summed E-state index contributed by atoms with van der Waals surface area (Å²) < 4.78 is 22.1. The third kappa shape index (κ3) is 26.9. The Bertz CT molecular complexity index is 938. The maximum atomic E-state index is 12.7. The van der Waals surface area contributed by atoms with Crippen molar-refractivity contribution < 1.29 is 49.0 Å². The molecule has 1 rings (SSSR count). The number of unbranched alkanes of at least 4 members (excludes halogenated alkanes) is 21. The van der Waals surface area contributed by atoms with Crippen molar-refractivity contribution in [3.63, 3.8) is 0 Å². The molecule has 1 saturated heterocycles. The highest BCUT2D eigenvalue weighted by Gasteiger charge is 2.44. The lowest BCUT2D eigenvalue weighted by Gasteiger charge is -2.39. The summed E-state index contributed by atoms with van der Waals surface area (Å²) in [4.78, 5) is 25.3. The molecule has 0 aliphatic carbocycles. The van der Waals surface area contributed by atoms with Crippen LogP contribution < -0.4 is 0 Å². The first-order chi connectivity index (χ1) is 26.3. The van der Waals surface area contributed by atoms with E-state index in [1.54, 1.807) is 0 Å². The lowest BCUT2D eigenvalue weighted by molar-refractivity contribution is -0.305. The molecule has 0 radical (unpaired) electrons. The third-order valence-corrected chi connectivity index (χ3v) is 10.1. The predicted molar refractivity (Wildman–Crippen MR) is 215 cm³/mol. The minimum Gasteiger partial charge on any atom is -0.462 e. The summed E-state index contributed by atoms with van der Waals surface area (Å²) in [7, 11) is 0. The molecule has 2 unspecified atom stereocenters. The Kier molecular flexibility index (Phi) is 33.1. The highest BCUT2D eigenvalue weighted by Crippen LogP contribution is 2.22. The van der Waals surface area contributed by atoms with Crippen molar-refractivity contribution in [3.8, 4) is 0 Å². The van der Waals surface area contributed by atoms with E-state index in [1.807, 2.05) is 0 Å². The minimum absolute atomic E-state index is 0.221. The van der Waals surface area contributed by atoms with Crippen LogP contribution in [0, 0.1) is 0 Å². The molecule has 4 N–H and O–H groups in total. The molecule has 0 aromatic heterocycles. The van der Waals surface area contributed by atoms with Gasteiger partial charge in [0.1, 0.15) is 31.0 Å². The molecule has 0 amide bonds. The number of ether oxygens (including phenoxy) is 4. The van der Waals surface area contributed by atoms with Gasteiger partial charge in [-0.2, -0.15) is 0 Å². The minimum atomic E-state index is -1.59. The zero-order valence-corrected chi connectivity index (χ0v) is 34.2. The van der Waals surface area contributed by atoms with Gasteiger partial charge in [0.05, 0.1) is 13.2 Å². The molecule has 1 aliphatic heterocycles. The van der Waals surface area contributed by atoms with Crippen molar-refractivity contribution in [2.45, 2.75) is 224 Å². The van der Waals surface area contributed by atoms with E-state index in [4.69, 9.17) is 18.9 Å². The van der Waals surface area contributed by atoms with Crippen LogP contribution in [0.15, 0.2) is 24.3 Å². The molecule has 0 spiro atoms. The van der Waals surface area contributed by atoms with Crippen molar-refractivity contribution in [2.24, 2.45) is 0 Å². The molecule has 6 atom stereocenters. The molecule has 0 bridgehead atoms. The largest absolute Gasteiger partial charge is 0.462 e. The Morgan fingerprint density at radius 2 is 1.04 bits per heavy atom. The van der Waals surface area contributed by atoms with Crippen LogP contribution in [0.3, 0.4) is 0 Å². The van der Waals surface area contributed by atoms with Crippen LogP contribution in [-0.4, -0.2) is 89.0 Å². The average molecular weight is 769 g/mol. The summed E-state index contributed by atoms with van der Waals surface area (Å²) in [5.74, 6) is -0.817. The van der Waals surface area contributed by atoms with Crippen LogP contribution in [0.5, 0.6) is 0 Å². The zero-order valence-electron chi connectivity index (χ0n) is 34.2. The highest BCUT2D eigenvalue weighted by molar-refractivity contribution is 5.70. The van der Waals surface area contributed by atoms with Gasteiger partial charge in [0, 0.05) is 12.8 Å². The molecule has 1 heterocycles. The smallest absolute Gasteiger partial charge is 0.306 e. The molecule has 0 saturated carbocycles. The lowest BCUT2D eigenvalue weighted by atomic mass is 9.99. The number of carbonyl (C=O) groups excluding carboxylic acids is 2. The van der Waals surface area contributed by atoms with Crippen LogP contribution in [-0.2, 0) is 28.5 Å². The highest BCUT2D eigenvalue weighted by atomic mass is 16.7. The molecule has 10 heteroatoms. The van der Waals surface area contributed by atoms with E-state index in [1.165, 1.54) is 89.9 Å². The van der Waals surface area contributed by atoms with E-state index in [0.29, 0.717) is 12.8 Å². The maximum absolute atomic E-state index is 12.7. The second kappa shape index (κ2) is 35.6. The molecule has 1 fully saturated rings. The monoisotopic (exact) mass is 769 g/mol. The van der Waals surface area contributed by atoms with Gasteiger partial charge in [0.25, 0.3) is 0 Å². The summed E-state index contributed by atoms with van der Waals surface area (Å²) in [6, 6.07) is 0. The van der Waals surface area contributed by atoms with Crippen molar-refractivity contribution in [3.05, 3.63) is 24.3 Å². The molecule has 316 valence electrons. The second-order valence-electron chi connectivity index (χ2n) is 15.2. The normalized spacial score (nSPS) is 20.9. The van der Waals surface area contributed by atoms with Gasteiger partial charge in [-0.3, -0.25) is 9.59 Å². The number of aliphatic hydroxyl groups is 4. The molecule has 1 aliphatic rings. The zero-order chi connectivity index (χ0) is 39.5. The number of carbonyl (C=O) groups is 2. The molecule has 0 aromatic carbocycles. The van der Waals surface area contributed by atoms with E-state index in [-0.39, 0.29) is 32.0 Å². The average Bonchev–Trinajstić information content (AvgIpc) is 3.17.